The molecule has 0 saturated carbocycles. The van der Waals surface area contributed by atoms with Crippen LogP contribution in [0.4, 0.5) is 0 Å². The van der Waals surface area contributed by atoms with E-state index in [1.165, 1.54) is 0 Å². The van der Waals surface area contributed by atoms with E-state index >= 15 is 0 Å². The Morgan fingerprint density at radius 1 is 1.36 bits per heavy atom. The Balaban J connectivity index is 3.01. The van der Waals surface area contributed by atoms with Gasteiger partial charge in [-0.3, -0.25) is 0 Å². The molecule has 0 amide bonds. The van der Waals surface area contributed by atoms with Crippen LogP contribution in [0.15, 0.2) is 18.2 Å². The minimum absolute atomic E-state index is 0.689. The first-order chi connectivity index (χ1) is 5.24. The van der Waals surface area contributed by atoms with Gasteiger partial charge in [-0.05, 0) is 29.1 Å². The van der Waals surface area contributed by atoms with E-state index in [1.54, 1.807) is 17.5 Å². The predicted molar refractivity (Wildman–Crippen MR) is 53.8 cm³/mol. The summed E-state index contributed by atoms with van der Waals surface area (Å²) in [6.07, 6.45) is 0.689. The Labute approximate surface area is 81.1 Å². The SMILES string of the molecule is S=CCc1cc(Cl)ccc1Cl. The molecule has 0 spiro atoms. The highest BCUT2D eigenvalue weighted by Crippen LogP contribution is 2.20. The smallest absolute Gasteiger partial charge is 0.0442 e. The molecule has 0 bridgehead atoms. The number of thiocarbonyl (C=S) groups is 1. The highest BCUT2D eigenvalue weighted by atomic mass is 35.5. The Morgan fingerprint density at radius 3 is 2.73 bits per heavy atom. The number of hydrogen-bond donors (Lipinski definition) is 0. The molecular weight excluding hydrogens is 199 g/mol. The molecule has 1 aromatic carbocycles. The van der Waals surface area contributed by atoms with E-state index in [4.69, 9.17) is 35.4 Å². The number of hydrogen-bond acceptors (Lipinski definition) is 1. The second kappa shape index (κ2) is 4.05. The second-order valence-corrected chi connectivity index (χ2v) is 3.28. The van der Waals surface area contributed by atoms with Crippen LogP contribution in [-0.4, -0.2) is 5.37 Å². The summed E-state index contributed by atoms with van der Waals surface area (Å²) in [7, 11) is 0. The summed E-state index contributed by atoms with van der Waals surface area (Å²) in [6, 6.07) is 5.36. The van der Waals surface area contributed by atoms with Crippen molar-refractivity contribution in [2.45, 2.75) is 6.42 Å². The van der Waals surface area contributed by atoms with Gasteiger partial charge in [-0.15, -0.1) is 0 Å². The first-order valence-corrected chi connectivity index (χ1v) is 4.34. The van der Waals surface area contributed by atoms with Gasteiger partial charge in [0.2, 0.25) is 0 Å². The molecule has 1 aromatic rings. The van der Waals surface area contributed by atoms with Crippen molar-refractivity contribution in [1.29, 1.82) is 0 Å². The van der Waals surface area contributed by atoms with Gasteiger partial charge in [0, 0.05) is 16.5 Å². The molecule has 1 rings (SSSR count). The van der Waals surface area contributed by atoms with Crippen molar-refractivity contribution >= 4 is 40.8 Å². The average Bonchev–Trinajstić information content (AvgIpc) is 1.98. The molecule has 0 heterocycles. The average molecular weight is 205 g/mol. The molecule has 0 aliphatic rings. The van der Waals surface area contributed by atoms with E-state index < -0.39 is 0 Å². The molecule has 0 aromatic heterocycles. The minimum atomic E-state index is 0.689. The molecule has 0 unspecified atom stereocenters. The van der Waals surface area contributed by atoms with Crippen molar-refractivity contribution < 1.29 is 0 Å². The lowest BCUT2D eigenvalue weighted by atomic mass is 10.2. The van der Waals surface area contributed by atoms with Crippen molar-refractivity contribution in [3.8, 4) is 0 Å². The topological polar surface area (TPSA) is 0 Å². The van der Waals surface area contributed by atoms with Crippen molar-refractivity contribution in [3.63, 3.8) is 0 Å². The second-order valence-electron chi connectivity index (χ2n) is 2.11. The number of benzene rings is 1. The zero-order valence-corrected chi connectivity index (χ0v) is 8.01. The quantitative estimate of drug-likeness (QED) is 0.665. The van der Waals surface area contributed by atoms with Gasteiger partial charge < -0.3 is 0 Å². The van der Waals surface area contributed by atoms with E-state index in [0.29, 0.717) is 11.4 Å². The van der Waals surface area contributed by atoms with Crippen molar-refractivity contribution in [2.24, 2.45) is 0 Å². The highest BCUT2D eigenvalue weighted by Gasteiger charge is 1.98. The fourth-order valence-electron chi connectivity index (χ4n) is 0.790. The zero-order valence-electron chi connectivity index (χ0n) is 5.68. The summed E-state index contributed by atoms with van der Waals surface area (Å²) in [6.45, 7) is 0. The lowest BCUT2D eigenvalue weighted by Crippen LogP contribution is -1.85. The fourth-order valence-corrected chi connectivity index (χ4v) is 1.36. The van der Waals surface area contributed by atoms with Crippen LogP contribution in [0.1, 0.15) is 5.56 Å². The number of halogens is 2. The molecule has 0 aliphatic carbocycles. The normalized spacial score (nSPS) is 9.64. The van der Waals surface area contributed by atoms with Gasteiger partial charge in [0.05, 0.1) is 0 Å². The van der Waals surface area contributed by atoms with Gasteiger partial charge in [-0.25, -0.2) is 0 Å². The summed E-state index contributed by atoms with van der Waals surface area (Å²) < 4.78 is 0. The van der Waals surface area contributed by atoms with Gasteiger partial charge >= 0.3 is 0 Å². The largest absolute Gasteiger partial charge is 0.0931 e. The molecule has 0 aliphatic heterocycles. The lowest BCUT2D eigenvalue weighted by Gasteiger charge is -1.99. The number of rotatable bonds is 2. The van der Waals surface area contributed by atoms with E-state index in [-0.39, 0.29) is 0 Å². The molecule has 0 N–H and O–H groups in total. The van der Waals surface area contributed by atoms with Crippen molar-refractivity contribution in [1.82, 2.24) is 0 Å². The zero-order chi connectivity index (χ0) is 8.27. The summed E-state index contributed by atoms with van der Waals surface area (Å²) in [4.78, 5) is 0. The van der Waals surface area contributed by atoms with Gasteiger partial charge in [-0.2, -0.15) is 0 Å². The predicted octanol–water partition coefficient (Wildman–Crippen LogP) is 3.54. The third-order valence-corrected chi connectivity index (χ3v) is 2.08. The van der Waals surface area contributed by atoms with Crippen LogP contribution < -0.4 is 0 Å². The Bertz CT molecular complexity index is 271. The Hall–Kier alpha value is -0.110. The van der Waals surface area contributed by atoms with Crippen LogP contribution >= 0.6 is 35.4 Å². The lowest BCUT2D eigenvalue weighted by molar-refractivity contribution is 1.38. The van der Waals surface area contributed by atoms with Crippen LogP contribution in [0.25, 0.3) is 0 Å². The first kappa shape index (κ1) is 8.98. The summed E-state index contributed by atoms with van der Waals surface area (Å²) >= 11 is 16.3. The monoisotopic (exact) mass is 204 g/mol. The maximum Gasteiger partial charge on any atom is 0.0442 e. The van der Waals surface area contributed by atoms with Gasteiger partial charge in [0.1, 0.15) is 0 Å². The van der Waals surface area contributed by atoms with E-state index in [2.05, 4.69) is 0 Å². The van der Waals surface area contributed by atoms with Crippen LogP contribution in [0.5, 0.6) is 0 Å². The molecule has 0 atom stereocenters. The third kappa shape index (κ3) is 2.44. The van der Waals surface area contributed by atoms with E-state index in [9.17, 15) is 0 Å². The maximum atomic E-state index is 5.85. The standard InChI is InChI=1S/C8H6Cl2S/c9-7-1-2-8(10)6(5-7)3-4-11/h1-2,4-5H,3H2. The van der Waals surface area contributed by atoms with Crippen LogP contribution in [0, 0.1) is 0 Å². The van der Waals surface area contributed by atoms with Gasteiger partial charge in [-0.1, -0.05) is 35.4 Å². The molecular formula is C8H6Cl2S. The maximum absolute atomic E-state index is 5.85. The molecule has 0 radical (unpaired) electrons. The highest BCUT2D eigenvalue weighted by molar-refractivity contribution is 7.78. The summed E-state index contributed by atoms with van der Waals surface area (Å²) in [5, 5.41) is 3.05. The molecule has 0 nitrogen and oxygen atoms in total. The van der Waals surface area contributed by atoms with Crippen molar-refractivity contribution in [2.75, 3.05) is 0 Å². The third-order valence-electron chi connectivity index (χ3n) is 1.31. The molecule has 0 fully saturated rings. The first-order valence-electron chi connectivity index (χ1n) is 3.11. The Kier molecular flexibility index (Phi) is 3.31. The molecule has 0 saturated heterocycles. The Morgan fingerprint density at radius 2 is 2.09 bits per heavy atom. The summed E-state index contributed by atoms with van der Waals surface area (Å²) in [5.74, 6) is 0. The minimum Gasteiger partial charge on any atom is -0.0931 e. The fraction of sp³-hybridized carbons (Fsp3) is 0.125. The van der Waals surface area contributed by atoms with Crippen LogP contribution in [0.3, 0.4) is 0 Å². The van der Waals surface area contributed by atoms with Gasteiger partial charge in [0.25, 0.3) is 0 Å². The van der Waals surface area contributed by atoms with E-state index in [0.717, 1.165) is 10.6 Å². The summed E-state index contributed by atoms with van der Waals surface area (Å²) in [5.41, 5.74) is 0.981. The molecule has 11 heavy (non-hydrogen) atoms. The van der Waals surface area contributed by atoms with Crippen LogP contribution in [-0.2, 0) is 6.42 Å². The van der Waals surface area contributed by atoms with E-state index in [1.807, 2.05) is 6.07 Å². The van der Waals surface area contributed by atoms with Gasteiger partial charge in [0.15, 0.2) is 0 Å². The van der Waals surface area contributed by atoms with Crippen LogP contribution in [0.2, 0.25) is 10.0 Å². The van der Waals surface area contributed by atoms with Crippen molar-refractivity contribution in [3.05, 3.63) is 33.8 Å². The molecule has 58 valence electrons. The molecule has 3 heteroatoms.